The topological polar surface area (TPSA) is 12.0 Å². The fourth-order valence-electron chi connectivity index (χ4n) is 0.814. The average Bonchev–Trinajstić information content (AvgIpc) is 2.06. The first-order valence-electron chi connectivity index (χ1n) is 3.64. The normalized spacial score (nSPS) is 21.8. The summed E-state index contributed by atoms with van der Waals surface area (Å²) in [7, 11) is 0. The Balaban J connectivity index is 2.84. The lowest BCUT2D eigenvalue weighted by atomic mass is 9.96. The van der Waals surface area contributed by atoms with Crippen LogP contribution in [-0.2, 0) is 0 Å². The predicted molar refractivity (Wildman–Crippen MR) is 63.5 cm³/mol. The van der Waals surface area contributed by atoms with E-state index in [9.17, 15) is 0 Å². The van der Waals surface area contributed by atoms with Gasteiger partial charge in [-0.3, -0.25) is 0 Å². The monoisotopic (exact) mass is 217 g/mol. The van der Waals surface area contributed by atoms with E-state index in [1.165, 1.54) is 0 Å². The first-order chi connectivity index (χ1) is 5.38. The van der Waals surface area contributed by atoms with Crippen LogP contribution in [0.5, 0.6) is 0 Å². The van der Waals surface area contributed by atoms with Crippen LogP contribution in [0, 0.1) is 5.41 Å². The highest BCUT2D eigenvalue weighted by molar-refractivity contribution is 8.27. The summed E-state index contributed by atoms with van der Waals surface area (Å²) >= 11 is 11.6. The van der Waals surface area contributed by atoms with Gasteiger partial charge in [0.15, 0.2) is 0 Å². The first kappa shape index (κ1) is 10.2. The predicted octanol–water partition coefficient (Wildman–Crippen LogP) is 2.87. The van der Waals surface area contributed by atoms with Gasteiger partial charge in [0.1, 0.15) is 9.31 Å². The molecule has 0 unspecified atom stereocenters. The lowest BCUT2D eigenvalue weighted by molar-refractivity contribution is 0.544. The standard InChI is InChI=1S/C8H11NS3/c1-8(2,3)4-5-6(10)9-7(11)12-5/h4H,1-3H3,(H,9,10,11)/b5-4-. The largest absolute Gasteiger partial charge is 0.331 e. The zero-order valence-electron chi connectivity index (χ0n) is 7.30. The minimum atomic E-state index is 0.161. The van der Waals surface area contributed by atoms with Crippen LogP contribution in [0.4, 0.5) is 0 Å². The van der Waals surface area contributed by atoms with Gasteiger partial charge in [0.25, 0.3) is 0 Å². The number of nitrogens with one attached hydrogen (secondary N) is 1. The highest BCUT2D eigenvalue weighted by atomic mass is 32.2. The Morgan fingerprint density at radius 3 is 2.25 bits per heavy atom. The van der Waals surface area contributed by atoms with Crippen molar-refractivity contribution in [2.24, 2.45) is 5.41 Å². The van der Waals surface area contributed by atoms with Gasteiger partial charge >= 0.3 is 0 Å². The lowest BCUT2D eigenvalue weighted by Crippen LogP contribution is -2.16. The Kier molecular flexibility index (Phi) is 2.91. The lowest BCUT2D eigenvalue weighted by Gasteiger charge is -2.12. The molecule has 1 saturated heterocycles. The van der Waals surface area contributed by atoms with Crippen molar-refractivity contribution in [3.05, 3.63) is 11.0 Å². The summed E-state index contributed by atoms with van der Waals surface area (Å²) in [5.41, 5.74) is 0.161. The van der Waals surface area contributed by atoms with E-state index in [0.717, 1.165) is 14.2 Å². The van der Waals surface area contributed by atoms with Crippen LogP contribution >= 0.6 is 36.2 Å². The summed E-state index contributed by atoms with van der Waals surface area (Å²) in [6, 6.07) is 0. The van der Waals surface area contributed by atoms with Gasteiger partial charge in [-0.2, -0.15) is 0 Å². The summed E-state index contributed by atoms with van der Waals surface area (Å²) in [6.45, 7) is 6.43. The molecule has 0 aliphatic carbocycles. The number of thiocarbonyl (C=S) groups is 2. The Hall–Kier alpha value is 0.0700. The molecule has 0 saturated carbocycles. The average molecular weight is 217 g/mol. The molecule has 0 spiro atoms. The molecule has 4 heteroatoms. The third-order valence-corrected chi connectivity index (χ3v) is 2.84. The van der Waals surface area contributed by atoms with Gasteiger partial charge in [-0.1, -0.05) is 63.0 Å². The maximum absolute atomic E-state index is 5.10. The van der Waals surface area contributed by atoms with Crippen LogP contribution in [0.2, 0.25) is 0 Å². The quantitative estimate of drug-likeness (QED) is 0.494. The van der Waals surface area contributed by atoms with E-state index in [-0.39, 0.29) is 5.41 Å². The third-order valence-electron chi connectivity index (χ3n) is 1.21. The zero-order valence-corrected chi connectivity index (χ0v) is 9.75. The van der Waals surface area contributed by atoms with Crippen molar-refractivity contribution in [2.75, 3.05) is 0 Å². The maximum Gasteiger partial charge on any atom is 0.143 e. The van der Waals surface area contributed by atoms with Gasteiger partial charge in [-0.15, -0.1) is 0 Å². The molecule has 0 atom stereocenters. The molecule has 0 amide bonds. The fraction of sp³-hybridized carbons (Fsp3) is 0.500. The SMILES string of the molecule is CC(C)(C)/C=C1\SC(=S)NC1=S. The molecular formula is C8H11NS3. The van der Waals surface area contributed by atoms with E-state index < -0.39 is 0 Å². The molecule has 0 radical (unpaired) electrons. The van der Waals surface area contributed by atoms with Crippen LogP contribution in [0.1, 0.15) is 20.8 Å². The molecule has 1 nitrogen and oxygen atoms in total. The third kappa shape index (κ3) is 2.84. The summed E-state index contributed by atoms with van der Waals surface area (Å²) in [5, 5.41) is 2.95. The molecule has 1 aliphatic rings. The molecule has 1 rings (SSSR count). The Bertz CT molecular complexity index is 260. The van der Waals surface area contributed by atoms with Crippen LogP contribution in [-0.4, -0.2) is 9.31 Å². The summed E-state index contributed by atoms with van der Waals surface area (Å²) in [4.78, 5) is 1.85. The first-order valence-corrected chi connectivity index (χ1v) is 5.28. The molecule has 0 bridgehead atoms. The Morgan fingerprint density at radius 2 is 1.92 bits per heavy atom. The van der Waals surface area contributed by atoms with E-state index in [2.05, 4.69) is 32.2 Å². The molecule has 0 aromatic carbocycles. The maximum atomic E-state index is 5.10. The van der Waals surface area contributed by atoms with Crippen molar-refractivity contribution >= 4 is 45.5 Å². The van der Waals surface area contributed by atoms with Gasteiger partial charge in [0.05, 0.1) is 0 Å². The van der Waals surface area contributed by atoms with Gasteiger partial charge in [-0.05, 0) is 5.41 Å². The molecule has 1 heterocycles. The molecule has 1 aliphatic heterocycles. The van der Waals surface area contributed by atoms with Crippen molar-refractivity contribution in [2.45, 2.75) is 20.8 Å². The van der Waals surface area contributed by atoms with Crippen LogP contribution in [0.25, 0.3) is 0 Å². The Labute approximate surface area is 88.0 Å². The Morgan fingerprint density at radius 1 is 1.33 bits per heavy atom. The molecule has 1 N–H and O–H groups in total. The van der Waals surface area contributed by atoms with Crippen molar-refractivity contribution < 1.29 is 0 Å². The highest BCUT2D eigenvalue weighted by Crippen LogP contribution is 2.29. The minimum Gasteiger partial charge on any atom is -0.331 e. The van der Waals surface area contributed by atoms with E-state index in [0.29, 0.717) is 0 Å². The van der Waals surface area contributed by atoms with E-state index in [4.69, 9.17) is 24.4 Å². The number of thioether (sulfide) groups is 1. The molecular weight excluding hydrogens is 206 g/mol. The van der Waals surface area contributed by atoms with Gasteiger partial charge < -0.3 is 5.32 Å². The second-order valence-electron chi connectivity index (χ2n) is 3.72. The van der Waals surface area contributed by atoms with E-state index in [1.807, 2.05) is 0 Å². The summed E-state index contributed by atoms with van der Waals surface area (Å²) in [6.07, 6.45) is 2.15. The van der Waals surface area contributed by atoms with Crippen molar-refractivity contribution in [1.82, 2.24) is 5.32 Å². The number of rotatable bonds is 0. The highest BCUT2D eigenvalue weighted by Gasteiger charge is 2.20. The van der Waals surface area contributed by atoms with Crippen molar-refractivity contribution in [3.8, 4) is 0 Å². The van der Waals surface area contributed by atoms with Gasteiger partial charge in [0, 0.05) is 4.91 Å². The van der Waals surface area contributed by atoms with E-state index in [1.54, 1.807) is 11.8 Å². The van der Waals surface area contributed by atoms with Crippen molar-refractivity contribution in [3.63, 3.8) is 0 Å². The fourth-order valence-corrected chi connectivity index (χ4v) is 2.51. The van der Waals surface area contributed by atoms with Crippen LogP contribution < -0.4 is 5.32 Å². The second-order valence-corrected chi connectivity index (χ2v) is 5.85. The molecule has 12 heavy (non-hydrogen) atoms. The minimum absolute atomic E-state index is 0.161. The van der Waals surface area contributed by atoms with Gasteiger partial charge in [0.2, 0.25) is 0 Å². The number of hydrogen-bond acceptors (Lipinski definition) is 3. The smallest absolute Gasteiger partial charge is 0.143 e. The molecule has 1 fully saturated rings. The summed E-state index contributed by atoms with van der Waals surface area (Å²) < 4.78 is 0.760. The van der Waals surface area contributed by atoms with Crippen molar-refractivity contribution in [1.29, 1.82) is 0 Å². The van der Waals surface area contributed by atoms with Crippen LogP contribution in [0.3, 0.4) is 0 Å². The zero-order chi connectivity index (χ0) is 9.35. The molecule has 66 valence electrons. The van der Waals surface area contributed by atoms with Gasteiger partial charge in [-0.25, -0.2) is 0 Å². The van der Waals surface area contributed by atoms with E-state index >= 15 is 0 Å². The summed E-state index contributed by atoms with van der Waals surface area (Å²) in [5.74, 6) is 0. The van der Waals surface area contributed by atoms with Crippen LogP contribution in [0.15, 0.2) is 11.0 Å². The number of allylic oxidation sites excluding steroid dienone is 1. The number of hydrogen-bond donors (Lipinski definition) is 1. The second kappa shape index (κ2) is 3.44. The molecule has 0 aromatic heterocycles. The molecule has 0 aromatic rings.